The lowest BCUT2D eigenvalue weighted by atomic mass is 10.4. The van der Waals surface area contributed by atoms with Crippen LogP contribution in [0.3, 0.4) is 0 Å². The quantitative estimate of drug-likeness (QED) is 0.714. The molecule has 2 heterocycles. The van der Waals surface area contributed by atoms with Gasteiger partial charge in [-0.05, 0) is 6.07 Å². The molecule has 0 atom stereocenters. The summed E-state index contributed by atoms with van der Waals surface area (Å²) in [5.74, 6) is -1.69. The first-order valence-corrected chi connectivity index (χ1v) is 3.85. The molecule has 2 aromatic heterocycles. The van der Waals surface area contributed by atoms with E-state index in [0.717, 1.165) is 0 Å². The fourth-order valence-electron chi connectivity index (χ4n) is 1.23. The standard InChI is InChI=1S/C8H6FN3O2/c9-8-7-5(1-2-10-8)12(4-11-7)3-6(13)14/h1-2,4H,3H2,(H,13,14). The van der Waals surface area contributed by atoms with Gasteiger partial charge < -0.3 is 9.67 Å². The van der Waals surface area contributed by atoms with Crippen LogP contribution in [-0.2, 0) is 11.3 Å². The predicted octanol–water partition coefficient (Wildman–Crippen LogP) is 0.655. The van der Waals surface area contributed by atoms with Crippen LogP contribution >= 0.6 is 0 Å². The Balaban J connectivity index is 2.58. The zero-order valence-electron chi connectivity index (χ0n) is 7.01. The highest BCUT2D eigenvalue weighted by molar-refractivity contribution is 5.77. The van der Waals surface area contributed by atoms with E-state index < -0.39 is 11.9 Å². The first-order chi connectivity index (χ1) is 6.68. The van der Waals surface area contributed by atoms with Crippen molar-refractivity contribution in [3.8, 4) is 0 Å². The highest BCUT2D eigenvalue weighted by atomic mass is 19.1. The van der Waals surface area contributed by atoms with Crippen LogP contribution < -0.4 is 0 Å². The first-order valence-electron chi connectivity index (χ1n) is 3.85. The molecule has 0 bridgehead atoms. The molecule has 0 unspecified atom stereocenters. The van der Waals surface area contributed by atoms with Gasteiger partial charge in [0.2, 0.25) is 5.95 Å². The van der Waals surface area contributed by atoms with Crippen LogP contribution in [-0.4, -0.2) is 25.6 Å². The third-order valence-electron chi connectivity index (χ3n) is 1.80. The second kappa shape index (κ2) is 3.06. The highest BCUT2D eigenvalue weighted by Crippen LogP contribution is 2.13. The van der Waals surface area contributed by atoms with E-state index in [1.807, 2.05) is 0 Å². The number of carbonyl (C=O) groups is 1. The third kappa shape index (κ3) is 1.30. The predicted molar refractivity (Wildman–Crippen MR) is 45.1 cm³/mol. The zero-order valence-corrected chi connectivity index (χ0v) is 7.01. The molecule has 72 valence electrons. The molecule has 0 radical (unpaired) electrons. The summed E-state index contributed by atoms with van der Waals surface area (Å²) in [6, 6.07) is 1.52. The summed E-state index contributed by atoms with van der Waals surface area (Å²) in [5, 5.41) is 8.56. The van der Waals surface area contributed by atoms with Crippen molar-refractivity contribution in [1.82, 2.24) is 14.5 Å². The minimum Gasteiger partial charge on any atom is -0.480 e. The van der Waals surface area contributed by atoms with Crippen LogP contribution in [0.25, 0.3) is 11.0 Å². The third-order valence-corrected chi connectivity index (χ3v) is 1.80. The van der Waals surface area contributed by atoms with Gasteiger partial charge in [-0.3, -0.25) is 4.79 Å². The fraction of sp³-hybridized carbons (Fsp3) is 0.125. The smallest absolute Gasteiger partial charge is 0.323 e. The Morgan fingerprint density at radius 1 is 1.57 bits per heavy atom. The molecule has 0 fully saturated rings. The lowest BCUT2D eigenvalue weighted by Crippen LogP contribution is -2.07. The van der Waals surface area contributed by atoms with E-state index in [4.69, 9.17) is 5.11 Å². The second-order valence-electron chi connectivity index (χ2n) is 2.74. The Bertz CT molecular complexity index is 494. The number of nitrogens with zero attached hydrogens (tertiary/aromatic N) is 3. The Hall–Kier alpha value is -1.98. The number of pyridine rings is 1. The summed E-state index contributed by atoms with van der Waals surface area (Å²) in [4.78, 5) is 17.6. The minimum atomic E-state index is -0.999. The second-order valence-corrected chi connectivity index (χ2v) is 2.74. The van der Waals surface area contributed by atoms with E-state index in [0.29, 0.717) is 5.52 Å². The lowest BCUT2D eigenvalue weighted by Gasteiger charge is -1.98. The van der Waals surface area contributed by atoms with E-state index in [1.54, 1.807) is 0 Å². The molecule has 6 heteroatoms. The van der Waals surface area contributed by atoms with Crippen molar-refractivity contribution in [3.63, 3.8) is 0 Å². The molecular weight excluding hydrogens is 189 g/mol. The molecule has 0 amide bonds. The van der Waals surface area contributed by atoms with Gasteiger partial charge in [-0.15, -0.1) is 0 Å². The maximum atomic E-state index is 13.0. The maximum absolute atomic E-state index is 13.0. The average molecular weight is 195 g/mol. The van der Waals surface area contributed by atoms with Crippen molar-refractivity contribution >= 4 is 17.0 Å². The fourth-order valence-corrected chi connectivity index (χ4v) is 1.23. The van der Waals surface area contributed by atoms with Gasteiger partial charge >= 0.3 is 5.97 Å². The highest BCUT2D eigenvalue weighted by Gasteiger charge is 2.09. The van der Waals surface area contributed by atoms with E-state index in [2.05, 4.69) is 9.97 Å². The summed E-state index contributed by atoms with van der Waals surface area (Å²) >= 11 is 0. The number of fused-ring (bicyclic) bond motifs is 1. The van der Waals surface area contributed by atoms with Crippen molar-refractivity contribution in [2.24, 2.45) is 0 Å². The summed E-state index contributed by atoms with van der Waals surface area (Å²) in [7, 11) is 0. The molecule has 2 aromatic rings. The number of carboxylic acid groups (broad SMARTS) is 1. The lowest BCUT2D eigenvalue weighted by molar-refractivity contribution is -0.137. The maximum Gasteiger partial charge on any atom is 0.323 e. The van der Waals surface area contributed by atoms with Crippen LogP contribution in [0.15, 0.2) is 18.6 Å². The molecule has 0 saturated heterocycles. The largest absolute Gasteiger partial charge is 0.480 e. The first kappa shape index (κ1) is 8.61. The SMILES string of the molecule is O=C(O)Cn1cnc2c(F)nccc21. The van der Waals surface area contributed by atoms with Crippen LogP contribution in [0.2, 0.25) is 0 Å². The normalized spacial score (nSPS) is 10.6. The molecule has 2 rings (SSSR count). The number of imidazole rings is 1. The topological polar surface area (TPSA) is 68.0 Å². The van der Waals surface area contributed by atoms with Gasteiger partial charge in [-0.2, -0.15) is 4.39 Å². The number of hydrogen-bond donors (Lipinski definition) is 1. The number of rotatable bonds is 2. The molecule has 14 heavy (non-hydrogen) atoms. The Labute approximate surface area is 77.8 Å². The van der Waals surface area contributed by atoms with Gasteiger partial charge in [-0.25, -0.2) is 9.97 Å². The number of hydrogen-bond acceptors (Lipinski definition) is 3. The van der Waals surface area contributed by atoms with Crippen molar-refractivity contribution in [2.45, 2.75) is 6.54 Å². The van der Waals surface area contributed by atoms with Gasteiger partial charge in [0.1, 0.15) is 12.1 Å². The van der Waals surface area contributed by atoms with Crippen molar-refractivity contribution in [3.05, 3.63) is 24.5 Å². The van der Waals surface area contributed by atoms with Crippen molar-refractivity contribution in [2.75, 3.05) is 0 Å². The molecule has 0 aliphatic rings. The molecule has 1 N–H and O–H groups in total. The van der Waals surface area contributed by atoms with E-state index in [1.165, 1.54) is 23.2 Å². The number of carboxylic acids is 1. The van der Waals surface area contributed by atoms with Crippen LogP contribution in [0.5, 0.6) is 0 Å². The summed E-state index contributed by atoms with van der Waals surface area (Å²) in [6.07, 6.45) is 2.56. The van der Waals surface area contributed by atoms with Crippen LogP contribution in [0.4, 0.5) is 4.39 Å². The van der Waals surface area contributed by atoms with Crippen LogP contribution in [0, 0.1) is 5.95 Å². The molecule has 0 aromatic carbocycles. The Kier molecular flexibility index (Phi) is 1.88. The van der Waals surface area contributed by atoms with Gasteiger partial charge in [0.05, 0.1) is 11.8 Å². The van der Waals surface area contributed by atoms with Gasteiger partial charge in [0, 0.05) is 6.20 Å². The minimum absolute atomic E-state index is 0.0914. The summed E-state index contributed by atoms with van der Waals surface area (Å²) in [5.41, 5.74) is 0.522. The van der Waals surface area contributed by atoms with Crippen molar-refractivity contribution < 1.29 is 14.3 Å². The van der Waals surface area contributed by atoms with Gasteiger partial charge in [0.25, 0.3) is 0 Å². The molecule has 5 nitrogen and oxygen atoms in total. The number of aliphatic carboxylic acids is 1. The molecule has 0 aliphatic carbocycles. The van der Waals surface area contributed by atoms with E-state index in [9.17, 15) is 9.18 Å². The monoisotopic (exact) mass is 195 g/mol. The zero-order chi connectivity index (χ0) is 10.1. The average Bonchev–Trinajstić information content (AvgIpc) is 2.49. The summed E-state index contributed by atoms with van der Waals surface area (Å²) < 4.78 is 14.4. The molecular formula is C8H6FN3O2. The van der Waals surface area contributed by atoms with Crippen LogP contribution in [0.1, 0.15) is 0 Å². The molecule has 0 aliphatic heterocycles. The van der Waals surface area contributed by atoms with E-state index >= 15 is 0 Å². The van der Waals surface area contributed by atoms with E-state index in [-0.39, 0.29) is 12.1 Å². The number of aromatic nitrogens is 3. The van der Waals surface area contributed by atoms with Gasteiger partial charge in [-0.1, -0.05) is 0 Å². The summed E-state index contributed by atoms with van der Waals surface area (Å²) in [6.45, 7) is -0.236. The number of halogens is 1. The molecule has 0 saturated carbocycles. The molecule has 0 spiro atoms. The van der Waals surface area contributed by atoms with Gasteiger partial charge in [0.15, 0.2) is 0 Å². The Morgan fingerprint density at radius 3 is 3.07 bits per heavy atom. The van der Waals surface area contributed by atoms with Crippen molar-refractivity contribution in [1.29, 1.82) is 0 Å². The Morgan fingerprint density at radius 2 is 2.36 bits per heavy atom.